The van der Waals surface area contributed by atoms with E-state index in [0.717, 1.165) is 12.8 Å². The summed E-state index contributed by atoms with van der Waals surface area (Å²) in [4.78, 5) is 0. The Balaban J connectivity index is 4.58. The van der Waals surface area contributed by atoms with Gasteiger partial charge in [0, 0.05) is 0 Å². The maximum atomic E-state index is 11.3. The van der Waals surface area contributed by atoms with E-state index in [9.17, 15) is 5.11 Å². The summed E-state index contributed by atoms with van der Waals surface area (Å²) in [5.74, 6) is 0.518. The Labute approximate surface area is 128 Å². The predicted molar refractivity (Wildman–Crippen MR) is 91.1 cm³/mol. The fraction of sp³-hybridized carbons (Fsp3) is 1.00. The molecule has 0 saturated heterocycles. The molecule has 0 aliphatic rings. The Morgan fingerprint density at radius 2 is 1.15 bits per heavy atom. The van der Waals surface area contributed by atoms with Crippen LogP contribution < -0.4 is 0 Å². The van der Waals surface area contributed by atoms with Crippen molar-refractivity contribution in [1.82, 2.24) is 0 Å². The number of hydrogen-bond donors (Lipinski definition) is 1. The average molecular weight is 285 g/mol. The molecule has 20 heavy (non-hydrogen) atoms. The standard InChI is InChI=1S/C19H40O/c1-7-9-11-13-15-19(20,16-14-12-10-8-2)18(5,6)17(3)4/h17,20H,7-16H2,1-6H3. The van der Waals surface area contributed by atoms with Gasteiger partial charge in [0.05, 0.1) is 5.60 Å². The van der Waals surface area contributed by atoms with Gasteiger partial charge >= 0.3 is 0 Å². The molecule has 1 N–H and O–H groups in total. The third kappa shape index (κ3) is 6.16. The van der Waals surface area contributed by atoms with Gasteiger partial charge in [-0.3, -0.25) is 0 Å². The molecule has 0 radical (unpaired) electrons. The zero-order chi connectivity index (χ0) is 15.6. The molecular formula is C19H40O. The third-order valence-corrected chi connectivity index (χ3v) is 5.53. The first kappa shape index (κ1) is 20.0. The summed E-state index contributed by atoms with van der Waals surface area (Å²) >= 11 is 0. The van der Waals surface area contributed by atoms with Crippen molar-refractivity contribution in [3.05, 3.63) is 0 Å². The molecule has 0 aromatic rings. The van der Waals surface area contributed by atoms with Crippen molar-refractivity contribution in [1.29, 1.82) is 0 Å². The Hall–Kier alpha value is -0.0400. The monoisotopic (exact) mass is 284 g/mol. The van der Waals surface area contributed by atoms with Crippen LogP contribution >= 0.6 is 0 Å². The van der Waals surface area contributed by atoms with Crippen molar-refractivity contribution < 1.29 is 5.11 Å². The van der Waals surface area contributed by atoms with E-state index in [0.29, 0.717) is 5.92 Å². The van der Waals surface area contributed by atoms with E-state index in [1.807, 2.05) is 0 Å². The lowest BCUT2D eigenvalue weighted by Crippen LogP contribution is -2.47. The molecule has 0 aliphatic carbocycles. The van der Waals surface area contributed by atoms with Crippen LogP contribution in [0.5, 0.6) is 0 Å². The van der Waals surface area contributed by atoms with E-state index in [-0.39, 0.29) is 5.41 Å². The lowest BCUT2D eigenvalue weighted by molar-refractivity contribution is -0.105. The predicted octanol–water partition coefficient (Wildman–Crippen LogP) is 6.34. The van der Waals surface area contributed by atoms with Gasteiger partial charge in [0.2, 0.25) is 0 Å². The normalized spacial score (nSPS) is 13.2. The van der Waals surface area contributed by atoms with E-state index < -0.39 is 5.60 Å². The zero-order valence-corrected chi connectivity index (χ0v) is 15.1. The van der Waals surface area contributed by atoms with Crippen LogP contribution in [0, 0.1) is 11.3 Å². The van der Waals surface area contributed by atoms with Crippen LogP contribution in [0.2, 0.25) is 0 Å². The van der Waals surface area contributed by atoms with Gasteiger partial charge in [-0.15, -0.1) is 0 Å². The van der Waals surface area contributed by atoms with Crippen LogP contribution in [-0.2, 0) is 0 Å². The van der Waals surface area contributed by atoms with Crippen molar-refractivity contribution in [2.75, 3.05) is 0 Å². The van der Waals surface area contributed by atoms with Crippen molar-refractivity contribution in [2.24, 2.45) is 11.3 Å². The molecular weight excluding hydrogens is 244 g/mol. The maximum absolute atomic E-state index is 11.3. The molecule has 1 heteroatoms. The van der Waals surface area contributed by atoms with Crippen molar-refractivity contribution in [3.63, 3.8) is 0 Å². The van der Waals surface area contributed by atoms with Crippen molar-refractivity contribution in [2.45, 2.75) is 111 Å². The minimum absolute atomic E-state index is 0.00539. The number of aliphatic hydroxyl groups is 1. The van der Waals surface area contributed by atoms with E-state index in [1.54, 1.807) is 0 Å². The maximum Gasteiger partial charge on any atom is 0.0700 e. The van der Waals surface area contributed by atoms with Crippen LogP contribution in [0.3, 0.4) is 0 Å². The molecule has 0 rings (SSSR count). The zero-order valence-electron chi connectivity index (χ0n) is 15.1. The second-order valence-corrected chi connectivity index (χ2v) is 7.53. The summed E-state index contributed by atoms with van der Waals surface area (Å²) in [6.45, 7) is 13.5. The summed E-state index contributed by atoms with van der Waals surface area (Å²) in [7, 11) is 0. The Morgan fingerprint density at radius 1 is 0.750 bits per heavy atom. The molecule has 0 aromatic heterocycles. The lowest BCUT2D eigenvalue weighted by atomic mass is 9.63. The molecule has 0 atom stereocenters. The smallest absolute Gasteiger partial charge is 0.0700 e. The minimum atomic E-state index is -0.483. The largest absolute Gasteiger partial charge is 0.389 e. The van der Waals surface area contributed by atoms with Gasteiger partial charge in [0.15, 0.2) is 0 Å². The average Bonchev–Trinajstić information content (AvgIpc) is 2.39. The number of unbranched alkanes of at least 4 members (excludes halogenated alkanes) is 6. The Kier molecular flexibility index (Phi) is 9.80. The minimum Gasteiger partial charge on any atom is -0.389 e. The van der Waals surface area contributed by atoms with E-state index in [2.05, 4.69) is 41.5 Å². The summed E-state index contributed by atoms with van der Waals surface area (Å²) in [5, 5.41) is 11.3. The first-order valence-electron chi connectivity index (χ1n) is 9.04. The molecule has 122 valence electrons. The molecule has 0 amide bonds. The molecule has 1 nitrogen and oxygen atoms in total. The van der Waals surface area contributed by atoms with Gasteiger partial charge in [-0.05, 0) is 24.2 Å². The fourth-order valence-electron chi connectivity index (χ4n) is 3.00. The summed E-state index contributed by atoms with van der Waals surface area (Å²) in [5.41, 5.74) is -0.478. The van der Waals surface area contributed by atoms with Crippen LogP contribution in [0.15, 0.2) is 0 Å². The molecule has 0 fully saturated rings. The third-order valence-electron chi connectivity index (χ3n) is 5.53. The van der Waals surface area contributed by atoms with Gasteiger partial charge in [-0.2, -0.15) is 0 Å². The van der Waals surface area contributed by atoms with Crippen molar-refractivity contribution in [3.8, 4) is 0 Å². The second kappa shape index (κ2) is 9.82. The van der Waals surface area contributed by atoms with E-state index in [4.69, 9.17) is 0 Å². The van der Waals surface area contributed by atoms with E-state index >= 15 is 0 Å². The van der Waals surface area contributed by atoms with Crippen LogP contribution in [0.1, 0.15) is 106 Å². The van der Waals surface area contributed by atoms with E-state index in [1.165, 1.54) is 51.4 Å². The highest BCUT2D eigenvalue weighted by Crippen LogP contribution is 2.44. The molecule has 0 saturated carbocycles. The highest BCUT2D eigenvalue weighted by Gasteiger charge is 2.44. The topological polar surface area (TPSA) is 20.2 Å². The molecule has 0 bridgehead atoms. The highest BCUT2D eigenvalue weighted by molar-refractivity contribution is 4.95. The Morgan fingerprint density at radius 3 is 1.45 bits per heavy atom. The molecule has 0 aliphatic heterocycles. The second-order valence-electron chi connectivity index (χ2n) is 7.53. The van der Waals surface area contributed by atoms with Gasteiger partial charge in [-0.1, -0.05) is 92.9 Å². The van der Waals surface area contributed by atoms with Crippen LogP contribution in [0.25, 0.3) is 0 Å². The van der Waals surface area contributed by atoms with Crippen molar-refractivity contribution >= 4 is 0 Å². The fourth-order valence-corrected chi connectivity index (χ4v) is 3.00. The summed E-state index contributed by atoms with van der Waals surface area (Å²) < 4.78 is 0. The molecule has 0 unspecified atom stereocenters. The Bertz CT molecular complexity index is 218. The lowest BCUT2D eigenvalue weighted by Gasteiger charge is -2.46. The number of hydrogen-bond acceptors (Lipinski definition) is 1. The highest BCUT2D eigenvalue weighted by atomic mass is 16.3. The molecule has 0 aromatic carbocycles. The molecule has 0 spiro atoms. The first-order valence-corrected chi connectivity index (χ1v) is 9.04. The van der Waals surface area contributed by atoms with Gasteiger partial charge in [0.25, 0.3) is 0 Å². The summed E-state index contributed by atoms with van der Waals surface area (Å²) in [6.07, 6.45) is 12.0. The quantitative estimate of drug-likeness (QED) is 0.414. The van der Waals surface area contributed by atoms with Crippen LogP contribution in [0.4, 0.5) is 0 Å². The first-order chi connectivity index (χ1) is 9.31. The number of rotatable bonds is 12. The van der Waals surface area contributed by atoms with Gasteiger partial charge < -0.3 is 5.11 Å². The molecule has 0 heterocycles. The summed E-state index contributed by atoms with van der Waals surface area (Å²) in [6, 6.07) is 0. The van der Waals surface area contributed by atoms with Crippen LogP contribution in [-0.4, -0.2) is 10.7 Å². The van der Waals surface area contributed by atoms with Gasteiger partial charge in [0.1, 0.15) is 0 Å². The van der Waals surface area contributed by atoms with Gasteiger partial charge in [-0.25, -0.2) is 0 Å². The SMILES string of the molecule is CCCCCCC(O)(CCCCCC)C(C)(C)C(C)C.